The van der Waals surface area contributed by atoms with Gasteiger partial charge in [0.05, 0.1) is 0 Å². The molecule has 0 amide bonds. The minimum absolute atomic E-state index is 0.491. The highest BCUT2D eigenvalue weighted by Gasteiger charge is 2.30. The first kappa shape index (κ1) is 12.4. The van der Waals surface area contributed by atoms with Crippen LogP contribution in [0.3, 0.4) is 0 Å². The predicted molar refractivity (Wildman–Crippen MR) is 74.1 cm³/mol. The summed E-state index contributed by atoms with van der Waals surface area (Å²) in [5, 5.41) is 3.66. The van der Waals surface area contributed by atoms with Crippen molar-refractivity contribution in [3.63, 3.8) is 0 Å². The monoisotopic (exact) mass is 232 g/mol. The van der Waals surface area contributed by atoms with Crippen molar-refractivity contribution in [1.29, 1.82) is 0 Å². The van der Waals surface area contributed by atoms with Crippen molar-refractivity contribution in [1.82, 2.24) is 0 Å². The van der Waals surface area contributed by atoms with Crippen LogP contribution >= 0.6 is 0 Å². The van der Waals surface area contributed by atoms with E-state index in [1.165, 1.54) is 36.1 Å². The fourth-order valence-corrected chi connectivity index (χ4v) is 2.81. The van der Waals surface area contributed by atoms with Crippen LogP contribution in [0.2, 0.25) is 0 Å². The largest absolute Gasteiger partial charge is 0.382 e. The number of nitrogens with two attached hydrogens (primary N) is 1. The predicted octanol–water partition coefficient (Wildman–Crippen LogP) is 3.44. The van der Waals surface area contributed by atoms with E-state index in [4.69, 9.17) is 5.73 Å². The zero-order valence-electron chi connectivity index (χ0n) is 11.2. The average molecular weight is 232 g/mol. The molecule has 1 saturated carbocycles. The molecule has 2 heteroatoms. The topological polar surface area (TPSA) is 38.0 Å². The van der Waals surface area contributed by atoms with Crippen molar-refractivity contribution >= 4 is 5.69 Å². The molecular formula is C15H24N2. The van der Waals surface area contributed by atoms with E-state index in [9.17, 15) is 0 Å². The molecule has 0 aromatic heterocycles. The van der Waals surface area contributed by atoms with Gasteiger partial charge in [-0.05, 0) is 43.2 Å². The standard InChI is InChI=1S/C15H24N2/c1-11-4-5-14(12(8-11)10-16)17-13-6-7-15(2,3)9-13/h4-5,8,13,17H,6-7,9-10,16H2,1-3H3. The van der Waals surface area contributed by atoms with Crippen LogP contribution in [0.15, 0.2) is 18.2 Å². The van der Waals surface area contributed by atoms with Gasteiger partial charge < -0.3 is 11.1 Å². The summed E-state index contributed by atoms with van der Waals surface area (Å²) in [6.45, 7) is 7.43. The van der Waals surface area contributed by atoms with Gasteiger partial charge in [0.1, 0.15) is 0 Å². The zero-order valence-corrected chi connectivity index (χ0v) is 11.2. The van der Waals surface area contributed by atoms with E-state index in [1.807, 2.05) is 0 Å². The third-order valence-corrected chi connectivity index (χ3v) is 3.81. The fraction of sp³-hybridized carbons (Fsp3) is 0.600. The molecule has 1 unspecified atom stereocenters. The first-order valence-electron chi connectivity index (χ1n) is 6.56. The van der Waals surface area contributed by atoms with E-state index in [2.05, 4.69) is 44.3 Å². The van der Waals surface area contributed by atoms with Crippen LogP contribution in [0, 0.1) is 12.3 Å². The highest BCUT2D eigenvalue weighted by atomic mass is 14.9. The normalized spacial score (nSPS) is 22.7. The smallest absolute Gasteiger partial charge is 0.0388 e. The Morgan fingerprint density at radius 3 is 2.76 bits per heavy atom. The Labute approximate surface area is 105 Å². The lowest BCUT2D eigenvalue weighted by Crippen LogP contribution is -2.19. The van der Waals surface area contributed by atoms with Crippen LogP contribution in [0.4, 0.5) is 5.69 Å². The van der Waals surface area contributed by atoms with Crippen LogP contribution in [-0.2, 0) is 6.54 Å². The zero-order chi connectivity index (χ0) is 12.5. The van der Waals surface area contributed by atoms with Gasteiger partial charge in [-0.2, -0.15) is 0 Å². The summed E-state index contributed by atoms with van der Waals surface area (Å²) in [5.41, 5.74) is 10.0. The van der Waals surface area contributed by atoms with Crippen molar-refractivity contribution in [2.45, 2.75) is 52.6 Å². The molecular weight excluding hydrogens is 208 g/mol. The number of rotatable bonds is 3. The summed E-state index contributed by atoms with van der Waals surface area (Å²) in [5.74, 6) is 0. The van der Waals surface area contributed by atoms with Crippen LogP contribution in [-0.4, -0.2) is 6.04 Å². The Balaban J connectivity index is 2.09. The molecule has 3 N–H and O–H groups in total. The van der Waals surface area contributed by atoms with E-state index in [1.54, 1.807) is 0 Å². The molecule has 1 aliphatic carbocycles. The van der Waals surface area contributed by atoms with E-state index in [0.717, 1.165) is 0 Å². The van der Waals surface area contributed by atoms with Crippen LogP contribution in [0.5, 0.6) is 0 Å². The van der Waals surface area contributed by atoms with Gasteiger partial charge >= 0.3 is 0 Å². The van der Waals surface area contributed by atoms with Crippen LogP contribution in [0.1, 0.15) is 44.2 Å². The van der Waals surface area contributed by atoms with Crippen molar-refractivity contribution in [2.75, 3.05) is 5.32 Å². The number of aryl methyl sites for hydroxylation is 1. The minimum Gasteiger partial charge on any atom is -0.382 e. The Kier molecular flexibility index (Phi) is 3.43. The molecule has 1 aromatic rings. The van der Waals surface area contributed by atoms with Crippen LogP contribution < -0.4 is 11.1 Å². The maximum atomic E-state index is 5.81. The van der Waals surface area contributed by atoms with Crippen molar-refractivity contribution in [3.05, 3.63) is 29.3 Å². The Bertz CT molecular complexity index is 396. The highest BCUT2D eigenvalue weighted by molar-refractivity contribution is 5.53. The van der Waals surface area contributed by atoms with Gasteiger partial charge in [0.2, 0.25) is 0 Å². The third-order valence-electron chi connectivity index (χ3n) is 3.81. The maximum Gasteiger partial charge on any atom is 0.0388 e. The second-order valence-electron chi connectivity index (χ2n) is 6.11. The minimum atomic E-state index is 0.491. The highest BCUT2D eigenvalue weighted by Crippen LogP contribution is 2.38. The molecule has 0 radical (unpaired) electrons. The van der Waals surface area contributed by atoms with E-state index >= 15 is 0 Å². The summed E-state index contributed by atoms with van der Waals surface area (Å²) in [6.07, 6.45) is 3.84. The van der Waals surface area contributed by atoms with Gasteiger partial charge in [0.15, 0.2) is 0 Å². The molecule has 1 atom stereocenters. The molecule has 2 rings (SSSR count). The second-order valence-corrected chi connectivity index (χ2v) is 6.11. The molecule has 1 fully saturated rings. The Hall–Kier alpha value is -1.02. The van der Waals surface area contributed by atoms with Gasteiger partial charge in [-0.15, -0.1) is 0 Å². The molecule has 1 aliphatic rings. The summed E-state index contributed by atoms with van der Waals surface area (Å²) in [7, 11) is 0. The second kappa shape index (κ2) is 4.69. The molecule has 0 bridgehead atoms. The maximum absolute atomic E-state index is 5.81. The Morgan fingerprint density at radius 1 is 1.41 bits per heavy atom. The fourth-order valence-electron chi connectivity index (χ4n) is 2.81. The van der Waals surface area contributed by atoms with E-state index in [-0.39, 0.29) is 0 Å². The van der Waals surface area contributed by atoms with Gasteiger partial charge in [-0.25, -0.2) is 0 Å². The van der Waals surface area contributed by atoms with Gasteiger partial charge in [0.25, 0.3) is 0 Å². The molecule has 0 saturated heterocycles. The summed E-state index contributed by atoms with van der Waals surface area (Å²) in [4.78, 5) is 0. The van der Waals surface area contributed by atoms with Crippen molar-refractivity contribution < 1.29 is 0 Å². The first-order chi connectivity index (χ1) is 8.00. The van der Waals surface area contributed by atoms with E-state index in [0.29, 0.717) is 18.0 Å². The number of anilines is 1. The number of nitrogens with one attached hydrogen (secondary N) is 1. The Morgan fingerprint density at radius 2 is 2.18 bits per heavy atom. The third kappa shape index (κ3) is 3.01. The molecule has 1 aromatic carbocycles. The summed E-state index contributed by atoms with van der Waals surface area (Å²) < 4.78 is 0. The lowest BCUT2D eigenvalue weighted by atomic mass is 9.92. The van der Waals surface area contributed by atoms with Crippen LogP contribution in [0.25, 0.3) is 0 Å². The van der Waals surface area contributed by atoms with E-state index < -0.39 is 0 Å². The quantitative estimate of drug-likeness (QED) is 0.837. The van der Waals surface area contributed by atoms with Gasteiger partial charge in [-0.3, -0.25) is 0 Å². The average Bonchev–Trinajstić information content (AvgIpc) is 2.61. The molecule has 0 spiro atoms. The lowest BCUT2D eigenvalue weighted by molar-refractivity contribution is 0.378. The SMILES string of the molecule is Cc1ccc(NC2CCC(C)(C)C2)c(CN)c1. The van der Waals surface area contributed by atoms with Crippen molar-refractivity contribution in [3.8, 4) is 0 Å². The first-order valence-corrected chi connectivity index (χ1v) is 6.56. The molecule has 17 heavy (non-hydrogen) atoms. The molecule has 0 heterocycles. The molecule has 94 valence electrons. The number of hydrogen-bond donors (Lipinski definition) is 2. The number of benzene rings is 1. The number of hydrogen-bond acceptors (Lipinski definition) is 2. The summed E-state index contributed by atoms with van der Waals surface area (Å²) in [6, 6.07) is 7.12. The van der Waals surface area contributed by atoms with Gasteiger partial charge in [0, 0.05) is 18.3 Å². The van der Waals surface area contributed by atoms with Gasteiger partial charge in [-0.1, -0.05) is 31.5 Å². The van der Waals surface area contributed by atoms with Crippen molar-refractivity contribution in [2.24, 2.45) is 11.1 Å². The molecule has 2 nitrogen and oxygen atoms in total. The summed E-state index contributed by atoms with van der Waals surface area (Å²) >= 11 is 0. The lowest BCUT2D eigenvalue weighted by Gasteiger charge is -2.20. The molecule has 0 aliphatic heterocycles.